The summed E-state index contributed by atoms with van der Waals surface area (Å²) in [4.78, 5) is 12.3. The van der Waals surface area contributed by atoms with Crippen LogP contribution >= 0.6 is 0 Å². The smallest absolute Gasteiger partial charge is 0.162 e. The van der Waals surface area contributed by atoms with Gasteiger partial charge in [-0.15, -0.1) is 6.58 Å². The maximum Gasteiger partial charge on any atom is 0.162 e. The Morgan fingerprint density at radius 2 is 1.89 bits per heavy atom. The zero-order valence-electron chi connectivity index (χ0n) is 13.1. The summed E-state index contributed by atoms with van der Waals surface area (Å²) < 4.78 is 5.93. The van der Waals surface area contributed by atoms with Gasteiger partial charge < -0.3 is 4.74 Å². The number of rotatable bonds is 7. The molecule has 1 aliphatic carbocycles. The largest absolute Gasteiger partial charge is 0.370 e. The monoisotopic (exact) mass is 266 g/mol. The molecule has 0 N–H and O–H groups in total. The highest BCUT2D eigenvalue weighted by atomic mass is 16.5. The van der Waals surface area contributed by atoms with Crippen molar-refractivity contribution < 1.29 is 9.53 Å². The second-order valence-corrected chi connectivity index (χ2v) is 7.34. The van der Waals surface area contributed by atoms with Gasteiger partial charge in [0.1, 0.15) is 6.10 Å². The molecule has 0 radical (unpaired) electrons. The van der Waals surface area contributed by atoms with Crippen molar-refractivity contribution >= 4 is 5.78 Å². The molecule has 1 rings (SSSR count). The highest BCUT2D eigenvalue weighted by molar-refractivity contribution is 5.83. The van der Waals surface area contributed by atoms with Gasteiger partial charge in [0.05, 0.1) is 6.61 Å². The van der Waals surface area contributed by atoms with Crippen molar-refractivity contribution in [2.24, 2.45) is 11.3 Å². The summed E-state index contributed by atoms with van der Waals surface area (Å²) in [7, 11) is 0. The standard InChI is InChI=1S/C17H30O2/c1-13(2)10-16(15(18)11-17(3,4)5)19-12-14-8-6-7-9-14/h14,16H,1,6-12H2,2-5H3. The van der Waals surface area contributed by atoms with Crippen LogP contribution in [0.15, 0.2) is 12.2 Å². The highest BCUT2D eigenvalue weighted by Crippen LogP contribution is 2.27. The van der Waals surface area contributed by atoms with E-state index >= 15 is 0 Å². The molecule has 1 fully saturated rings. The molecule has 0 heterocycles. The molecule has 0 spiro atoms. The van der Waals surface area contributed by atoms with E-state index in [9.17, 15) is 4.79 Å². The van der Waals surface area contributed by atoms with Crippen molar-refractivity contribution in [1.82, 2.24) is 0 Å². The Kier molecular flexibility index (Phi) is 6.25. The normalized spacial score (nSPS) is 18.5. The van der Waals surface area contributed by atoms with E-state index in [4.69, 9.17) is 4.74 Å². The van der Waals surface area contributed by atoms with Gasteiger partial charge in [0, 0.05) is 12.8 Å². The van der Waals surface area contributed by atoms with Crippen LogP contribution in [0.2, 0.25) is 0 Å². The fraction of sp³-hybridized carbons (Fsp3) is 0.824. The van der Waals surface area contributed by atoms with Gasteiger partial charge in [0.2, 0.25) is 0 Å². The van der Waals surface area contributed by atoms with Crippen LogP contribution in [0.5, 0.6) is 0 Å². The number of Topliss-reactive ketones (excluding diaryl/α,β-unsaturated/α-hetero) is 1. The molecule has 0 saturated heterocycles. The first-order chi connectivity index (χ1) is 8.78. The fourth-order valence-electron chi connectivity index (χ4n) is 2.65. The summed E-state index contributed by atoms with van der Waals surface area (Å²) in [5.41, 5.74) is 1.06. The number of carbonyl (C=O) groups excluding carboxylic acids is 1. The molecule has 1 atom stereocenters. The number of hydrogen-bond acceptors (Lipinski definition) is 2. The van der Waals surface area contributed by atoms with Gasteiger partial charge >= 0.3 is 0 Å². The maximum atomic E-state index is 12.3. The molecule has 1 unspecified atom stereocenters. The topological polar surface area (TPSA) is 26.3 Å². The maximum absolute atomic E-state index is 12.3. The molecule has 0 aliphatic heterocycles. The molecule has 1 saturated carbocycles. The number of carbonyl (C=O) groups is 1. The fourth-order valence-corrected chi connectivity index (χ4v) is 2.65. The van der Waals surface area contributed by atoms with Gasteiger partial charge in [0.25, 0.3) is 0 Å². The molecule has 0 aromatic carbocycles. The minimum Gasteiger partial charge on any atom is -0.370 e. The van der Waals surface area contributed by atoms with Crippen LogP contribution in [0.4, 0.5) is 0 Å². The second kappa shape index (κ2) is 7.23. The molecule has 2 nitrogen and oxygen atoms in total. The summed E-state index contributed by atoms with van der Waals surface area (Å²) in [5.74, 6) is 0.892. The van der Waals surface area contributed by atoms with E-state index in [2.05, 4.69) is 27.4 Å². The van der Waals surface area contributed by atoms with Crippen molar-refractivity contribution in [3.63, 3.8) is 0 Å². The van der Waals surface area contributed by atoms with Gasteiger partial charge in [-0.05, 0) is 31.1 Å². The molecule has 2 heteroatoms. The lowest BCUT2D eigenvalue weighted by Crippen LogP contribution is -2.29. The zero-order valence-corrected chi connectivity index (χ0v) is 13.1. The number of ether oxygens (including phenoxy) is 1. The van der Waals surface area contributed by atoms with Crippen LogP contribution in [0.3, 0.4) is 0 Å². The average molecular weight is 266 g/mol. The summed E-state index contributed by atoms with van der Waals surface area (Å²) in [6.07, 6.45) is 6.11. The number of hydrogen-bond donors (Lipinski definition) is 0. The third-order valence-electron chi connectivity index (χ3n) is 3.61. The van der Waals surface area contributed by atoms with E-state index in [1.807, 2.05) is 6.92 Å². The lowest BCUT2D eigenvalue weighted by Gasteiger charge is -2.23. The predicted molar refractivity (Wildman–Crippen MR) is 80.2 cm³/mol. The van der Waals surface area contributed by atoms with E-state index in [0.717, 1.165) is 12.2 Å². The Morgan fingerprint density at radius 3 is 2.37 bits per heavy atom. The van der Waals surface area contributed by atoms with E-state index < -0.39 is 0 Å². The van der Waals surface area contributed by atoms with Crippen molar-refractivity contribution in [2.45, 2.75) is 72.3 Å². The quantitative estimate of drug-likeness (QED) is 0.633. The molecule has 0 amide bonds. The molecule has 0 aromatic rings. The van der Waals surface area contributed by atoms with E-state index in [1.165, 1.54) is 25.7 Å². The lowest BCUT2D eigenvalue weighted by atomic mass is 9.87. The van der Waals surface area contributed by atoms with Crippen LogP contribution < -0.4 is 0 Å². The van der Waals surface area contributed by atoms with Crippen LogP contribution in [-0.4, -0.2) is 18.5 Å². The predicted octanol–water partition coefficient (Wildman–Crippen LogP) is 4.53. The van der Waals surface area contributed by atoms with Crippen LogP contribution in [0.1, 0.15) is 66.2 Å². The summed E-state index contributed by atoms with van der Waals surface area (Å²) in [6, 6.07) is 0. The minimum absolute atomic E-state index is 0.0289. The van der Waals surface area contributed by atoms with Gasteiger partial charge in [-0.3, -0.25) is 4.79 Å². The van der Waals surface area contributed by atoms with Gasteiger partial charge in [-0.2, -0.15) is 0 Å². The summed E-state index contributed by atoms with van der Waals surface area (Å²) >= 11 is 0. The Bertz CT molecular complexity index is 306. The van der Waals surface area contributed by atoms with Crippen molar-refractivity contribution in [2.75, 3.05) is 6.61 Å². The van der Waals surface area contributed by atoms with Crippen molar-refractivity contribution in [3.8, 4) is 0 Å². The van der Waals surface area contributed by atoms with Crippen LogP contribution in [0.25, 0.3) is 0 Å². The van der Waals surface area contributed by atoms with Crippen LogP contribution in [-0.2, 0) is 9.53 Å². The summed E-state index contributed by atoms with van der Waals surface area (Å²) in [5, 5.41) is 0. The molecule has 19 heavy (non-hydrogen) atoms. The van der Waals surface area contributed by atoms with Gasteiger partial charge in [-0.25, -0.2) is 0 Å². The Morgan fingerprint density at radius 1 is 1.32 bits per heavy atom. The lowest BCUT2D eigenvalue weighted by molar-refractivity contribution is -0.133. The van der Waals surface area contributed by atoms with Crippen molar-refractivity contribution in [1.29, 1.82) is 0 Å². The van der Waals surface area contributed by atoms with E-state index in [0.29, 0.717) is 18.8 Å². The number of ketones is 1. The Balaban J connectivity index is 2.49. The first kappa shape index (κ1) is 16.4. The van der Waals surface area contributed by atoms with E-state index in [1.54, 1.807) is 0 Å². The molecule has 110 valence electrons. The van der Waals surface area contributed by atoms with Crippen molar-refractivity contribution in [3.05, 3.63) is 12.2 Å². The third-order valence-corrected chi connectivity index (χ3v) is 3.61. The third kappa shape index (κ3) is 6.91. The van der Waals surface area contributed by atoms with E-state index in [-0.39, 0.29) is 17.3 Å². The highest BCUT2D eigenvalue weighted by Gasteiger charge is 2.26. The SMILES string of the molecule is C=C(C)CC(OCC1CCCC1)C(=O)CC(C)(C)C. The Hall–Kier alpha value is -0.630. The molecule has 0 bridgehead atoms. The first-order valence-electron chi connectivity index (χ1n) is 7.56. The Labute approximate surface area is 118 Å². The molecular formula is C17H30O2. The molecular weight excluding hydrogens is 236 g/mol. The molecule has 0 aromatic heterocycles. The second-order valence-electron chi connectivity index (χ2n) is 7.34. The zero-order chi connectivity index (χ0) is 14.5. The average Bonchev–Trinajstić information content (AvgIpc) is 2.73. The molecule has 1 aliphatic rings. The van der Waals surface area contributed by atoms with Crippen LogP contribution in [0, 0.1) is 11.3 Å². The first-order valence-corrected chi connectivity index (χ1v) is 7.56. The van der Waals surface area contributed by atoms with Gasteiger partial charge in [-0.1, -0.05) is 39.2 Å². The summed E-state index contributed by atoms with van der Waals surface area (Å²) in [6.45, 7) is 12.9. The minimum atomic E-state index is -0.280. The van der Waals surface area contributed by atoms with Gasteiger partial charge in [0.15, 0.2) is 5.78 Å².